The highest BCUT2D eigenvalue weighted by Crippen LogP contribution is 2.40. The van der Waals surface area contributed by atoms with Crippen molar-refractivity contribution in [2.75, 3.05) is 0 Å². The summed E-state index contributed by atoms with van der Waals surface area (Å²) in [4.78, 5) is 0. The molecule has 0 saturated carbocycles. The van der Waals surface area contributed by atoms with Crippen molar-refractivity contribution in [3.05, 3.63) is 59.8 Å². The SMILES string of the molecule is C=CC(C)=C1C=C(CC(CC)CC)C(CC(CC)CCCC)=CC1C(C)C=C. The maximum atomic E-state index is 4.09. The molecule has 3 unspecified atom stereocenters. The Kier molecular flexibility index (Phi) is 11.5. The normalized spacial score (nSPS) is 21.0. The van der Waals surface area contributed by atoms with Crippen LogP contribution in [0.2, 0.25) is 0 Å². The quantitative estimate of drug-likeness (QED) is 0.278. The van der Waals surface area contributed by atoms with Crippen LogP contribution in [0.5, 0.6) is 0 Å². The summed E-state index contributed by atoms with van der Waals surface area (Å²) >= 11 is 0. The summed E-state index contributed by atoms with van der Waals surface area (Å²) < 4.78 is 0. The fourth-order valence-corrected chi connectivity index (χ4v) is 4.40. The molecule has 1 rings (SSSR count). The zero-order valence-electron chi connectivity index (χ0n) is 19.7. The van der Waals surface area contributed by atoms with E-state index in [1.165, 1.54) is 62.5 Å². The van der Waals surface area contributed by atoms with Crippen LogP contribution in [0.1, 0.15) is 92.9 Å². The Morgan fingerprint density at radius 1 is 1.00 bits per heavy atom. The number of rotatable bonds is 13. The molecule has 0 aromatic heterocycles. The molecule has 0 saturated heterocycles. The van der Waals surface area contributed by atoms with E-state index in [-0.39, 0.29) is 0 Å². The minimum atomic E-state index is 0.430. The maximum absolute atomic E-state index is 4.09. The van der Waals surface area contributed by atoms with E-state index in [4.69, 9.17) is 0 Å². The molecular formula is C28H46. The van der Waals surface area contributed by atoms with Gasteiger partial charge in [0.15, 0.2) is 0 Å². The van der Waals surface area contributed by atoms with Gasteiger partial charge in [0.05, 0.1) is 0 Å². The molecule has 0 aromatic carbocycles. The van der Waals surface area contributed by atoms with Crippen LogP contribution in [0.25, 0.3) is 0 Å². The molecule has 0 spiro atoms. The molecule has 3 atom stereocenters. The summed E-state index contributed by atoms with van der Waals surface area (Å²) in [6.07, 6.45) is 19.5. The van der Waals surface area contributed by atoms with Crippen molar-refractivity contribution >= 4 is 0 Å². The van der Waals surface area contributed by atoms with Crippen molar-refractivity contribution in [3.8, 4) is 0 Å². The van der Waals surface area contributed by atoms with Crippen molar-refractivity contribution in [1.29, 1.82) is 0 Å². The number of hydrogen-bond donors (Lipinski definition) is 0. The van der Waals surface area contributed by atoms with Gasteiger partial charge in [-0.2, -0.15) is 0 Å². The summed E-state index contributed by atoms with van der Waals surface area (Å²) in [7, 11) is 0. The van der Waals surface area contributed by atoms with E-state index in [1.807, 2.05) is 6.08 Å². The van der Waals surface area contributed by atoms with Gasteiger partial charge in [-0.25, -0.2) is 0 Å². The zero-order chi connectivity index (χ0) is 21.1. The van der Waals surface area contributed by atoms with Crippen molar-refractivity contribution in [3.63, 3.8) is 0 Å². The minimum Gasteiger partial charge on any atom is -0.103 e. The maximum Gasteiger partial charge on any atom is 0.00866 e. The van der Waals surface area contributed by atoms with Gasteiger partial charge in [-0.1, -0.05) is 104 Å². The van der Waals surface area contributed by atoms with Gasteiger partial charge in [-0.05, 0) is 59.8 Å². The van der Waals surface area contributed by atoms with E-state index >= 15 is 0 Å². The van der Waals surface area contributed by atoms with Crippen molar-refractivity contribution in [1.82, 2.24) is 0 Å². The van der Waals surface area contributed by atoms with Crippen LogP contribution >= 0.6 is 0 Å². The van der Waals surface area contributed by atoms with E-state index in [9.17, 15) is 0 Å². The molecular weight excluding hydrogens is 336 g/mol. The van der Waals surface area contributed by atoms with Crippen molar-refractivity contribution in [2.24, 2.45) is 23.7 Å². The summed E-state index contributed by atoms with van der Waals surface area (Å²) in [5, 5.41) is 0. The Morgan fingerprint density at radius 3 is 2.11 bits per heavy atom. The van der Waals surface area contributed by atoms with Gasteiger partial charge >= 0.3 is 0 Å². The number of allylic oxidation sites excluding steroid dienone is 8. The predicted octanol–water partition coefficient (Wildman–Crippen LogP) is 9.23. The average molecular weight is 383 g/mol. The van der Waals surface area contributed by atoms with E-state index in [0.717, 1.165) is 11.8 Å². The molecule has 158 valence electrons. The second-order valence-corrected chi connectivity index (χ2v) is 8.83. The lowest BCUT2D eigenvalue weighted by atomic mass is 9.73. The van der Waals surface area contributed by atoms with Crippen molar-refractivity contribution in [2.45, 2.75) is 92.9 Å². The lowest BCUT2D eigenvalue weighted by Gasteiger charge is -2.31. The topological polar surface area (TPSA) is 0 Å². The molecule has 28 heavy (non-hydrogen) atoms. The molecule has 0 N–H and O–H groups in total. The van der Waals surface area contributed by atoms with Crippen LogP contribution < -0.4 is 0 Å². The monoisotopic (exact) mass is 382 g/mol. The number of unbranched alkanes of at least 4 members (excludes halogenated alkanes) is 1. The first-order valence-electron chi connectivity index (χ1n) is 11.8. The third-order valence-electron chi connectivity index (χ3n) is 6.90. The predicted molar refractivity (Wildman–Crippen MR) is 129 cm³/mol. The third-order valence-corrected chi connectivity index (χ3v) is 6.90. The standard InChI is InChI=1S/C28H46/c1-9-15-16-24(14-6)18-26-20-28(22(8)11-3)27(21(7)10-2)19-25(26)17-23(12-4)13-5/h10-11,19-20,22-24,28H,2-3,9,12-18H2,1,4-8H3. The van der Waals surface area contributed by atoms with Crippen LogP contribution in [0, 0.1) is 23.7 Å². The summed E-state index contributed by atoms with van der Waals surface area (Å²) in [5.74, 6) is 2.47. The van der Waals surface area contributed by atoms with Crippen LogP contribution in [0.4, 0.5) is 0 Å². The highest BCUT2D eigenvalue weighted by molar-refractivity contribution is 5.49. The highest BCUT2D eigenvalue weighted by Gasteiger charge is 2.26. The molecule has 0 heteroatoms. The van der Waals surface area contributed by atoms with Gasteiger partial charge < -0.3 is 0 Å². The fourth-order valence-electron chi connectivity index (χ4n) is 4.40. The Labute approximate surface area is 176 Å². The van der Waals surface area contributed by atoms with Gasteiger partial charge in [-0.3, -0.25) is 0 Å². The number of hydrogen-bond acceptors (Lipinski definition) is 0. The van der Waals surface area contributed by atoms with Crippen LogP contribution in [-0.2, 0) is 0 Å². The molecule has 0 bridgehead atoms. The molecule has 0 heterocycles. The van der Waals surface area contributed by atoms with Gasteiger partial charge in [0.2, 0.25) is 0 Å². The Hall–Kier alpha value is -1.30. The van der Waals surface area contributed by atoms with Gasteiger partial charge in [0.25, 0.3) is 0 Å². The second-order valence-electron chi connectivity index (χ2n) is 8.83. The molecule has 1 aliphatic rings. The first-order valence-corrected chi connectivity index (χ1v) is 11.8. The van der Waals surface area contributed by atoms with E-state index in [0.29, 0.717) is 11.8 Å². The van der Waals surface area contributed by atoms with Crippen LogP contribution in [-0.4, -0.2) is 0 Å². The summed E-state index contributed by atoms with van der Waals surface area (Å²) in [5.41, 5.74) is 5.98. The van der Waals surface area contributed by atoms with Gasteiger partial charge in [-0.15, -0.1) is 6.58 Å². The largest absolute Gasteiger partial charge is 0.103 e. The lowest BCUT2D eigenvalue weighted by molar-refractivity contribution is 0.437. The molecule has 1 aliphatic carbocycles. The Morgan fingerprint density at radius 2 is 1.61 bits per heavy atom. The zero-order valence-corrected chi connectivity index (χ0v) is 19.7. The molecule has 0 aromatic rings. The third kappa shape index (κ3) is 6.94. The molecule has 0 nitrogen and oxygen atoms in total. The summed E-state index contributed by atoms with van der Waals surface area (Å²) in [6.45, 7) is 22.0. The molecule has 0 fully saturated rings. The summed E-state index contributed by atoms with van der Waals surface area (Å²) in [6, 6.07) is 0. The van der Waals surface area contributed by atoms with Crippen LogP contribution in [0.15, 0.2) is 59.8 Å². The fraction of sp³-hybridized carbons (Fsp3) is 0.643. The molecule has 0 aliphatic heterocycles. The van der Waals surface area contributed by atoms with Gasteiger partial charge in [0.1, 0.15) is 0 Å². The first-order chi connectivity index (χ1) is 13.4. The smallest absolute Gasteiger partial charge is 0.00866 e. The second kappa shape index (κ2) is 13.0. The van der Waals surface area contributed by atoms with Crippen LogP contribution in [0.3, 0.4) is 0 Å². The Balaban J connectivity index is 3.33. The minimum absolute atomic E-state index is 0.430. The molecule has 0 radical (unpaired) electrons. The average Bonchev–Trinajstić information content (AvgIpc) is 2.73. The Bertz CT molecular complexity index is 579. The van der Waals surface area contributed by atoms with E-state index in [2.05, 4.69) is 72.9 Å². The van der Waals surface area contributed by atoms with E-state index < -0.39 is 0 Å². The first kappa shape index (κ1) is 24.7. The molecule has 0 amide bonds. The lowest BCUT2D eigenvalue weighted by Crippen LogP contribution is -2.18. The van der Waals surface area contributed by atoms with Gasteiger partial charge in [0, 0.05) is 5.92 Å². The van der Waals surface area contributed by atoms with Crippen molar-refractivity contribution < 1.29 is 0 Å². The van der Waals surface area contributed by atoms with E-state index in [1.54, 1.807) is 11.1 Å². The highest BCUT2D eigenvalue weighted by atomic mass is 14.3.